The molecule has 0 unspecified atom stereocenters. The first-order valence-electron chi connectivity index (χ1n) is 5.97. The third kappa shape index (κ3) is 3.05. The molecule has 1 aromatic carbocycles. The number of aliphatic hydroxyl groups is 1. The molecule has 0 heterocycles. The van der Waals surface area contributed by atoms with Gasteiger partial charge in [-0.1, -0.05) is 17.7 Å². The number of allylic oxidation sites excluding steroid dienone is 2. The van der Waals surface area contributed by atoms with Gasteiger partial charge in [0.2, 0.25) is 0 Å². The molecule has 20 heavy (non-hydrogen) atoms. The quantitative estimate of drug-likeness (QED) is 0.648. The van der Waals surface area contributed by atoms with Crippen LogP contribution in [0, 0.1) is 6.92 Å². The average molecular weight is 294 g/mol. The zero-order valence-electron chi connectivity index (χ0n) is 10.8. The van der Waals surface area contributed by atoms with E-state index >= 15 is 0 Å². The molecule has 2 rings (SSSR count). The number of aliphatic hydroxyl groups excluding tert-OH is 1. The van der Waals surface area contributed by atoms with Crippen LogP contribution in [0.5, 0.6) is 0 Å². The summed E-state index contributed by atoms with van der Waals surface area (Å²) in [7, 11) is -3.77. The smallest absolute Gasteiger partial charge is 0.276 e. The van der Waals surface area contributed by atoms with Crippen LogP contribution < -0.4 is 4.83 Å². The van der Waals surface area contributed by atoms with Crippen molar-refractivity contribution in [2.75, 3.05) is 0 Å². The molecule has 0 saturated heterocycles. The van der Waals surface area contributed by atoms with Crippen LogP contribution in [0.1, 0.15) is 18.4 Å². The number of sulfonamides is 1. The number of rotatable bonds is 4. The standard InChI is InChI=1S/C13H14N2O4S/c1-9-2-4-10(5-3-9)20(18,19)15-14-8-11-12(16)6-7-13(11)17/h2-5,8,15-16H,6-7H2,1H3. The van der Waals surface area contributed by atoms with E-state index in [1.54, 1.807) is 12.1 Å². The molecule has 6 nitrogen and oxygen atoms in total. The van der Waals surface area contributed by atoms with E-state index in [-0.39, 0.29) is 34.9 Å². The number of carbonyl (C=O) groups is 1. The molecule has 1 aromatic rings. The maximum Gasteiger partial charge on any atom is 0.276 e. The minimum absolute atomic E-state index is 0.0524. The average Bonchev–Trinajstić information content (AvgIpc) is 2.71. The Hall–Kier alpha value is -2.15. The summed E-state index contributed by atoms with van der Waals surface area (Å²) in [4.78, 5) is 13.4. The van der Waals surface area contributed by atoms with Gasteiger partial charge in [-0.2, -0.15) is 13.5 Å². The van der Waals surface area contributed by atoms with Gasteiger partial charge in [0.15, 0.2) is 5.78 Å². The Kier molecular flexibility index (Phi) is 3.89. The first-order valence-corrected chi connectivity index (χ1v) is 7.45. The van der Waals surface area contributed by atoms with Crippen LogP contribution >= 0.6 is 0 Å². The van der Waals surface area contributed by atoms with Gasteiger partial charge in [-0.3, -0.25) is 4.79 Å². The second kappa shape index (κ2) is 5.46. The van der Waals surface area contributed by atoms with E-state index in [9.17, 15) is 18.3 Å². The van der Waals surface area contributed by atoms with Gasteiger partial charge < -0.3 is 5.11 Å². The Morgan fingerprint density at radius 3 is 2.45 bits per heavy atom. The van der Waals surface area contributed by atoms with Crippen molar-refractivity contribution in [3.05, 3.63) is 41.2 Å². The van der Waals surface area contributed by atoms with Crippen LogP contribution in [-0.4, -0.2) is 25.5 Å². The Morgan fingerprint density at radius 2 is 1.90 bits per heavy atom. The first kappa shape index (κ1) is 14.3. The van der Waals surface area contributed by atoms with Gasteiger partial charge in [0.25, 0.3) is 10.0 Å². The van der Waals surface area contributed by atoms with E-state index in [1.807, 2.05) is 11.8 Å². The topological polar surface area (TPSA) is 95.8 Å². The summed E-state index contributed by atoms with van der Waals surface area (Å²) < 4.78 is 23.8. The Labute approximate surface area is 116 Å². The van der Waals surface area contributed by atoms with Crippen LogP contribution in [0.25, 0.3) is 0 Å². The number of nitrogens with one attached hydrogen (secondary N) is 1. The Morgan fingerprint density at radius 1 is 1.25 bits per heavy atom. The van der Waals surface area contributed by atoms with Crippen molar-refractivity contribution in [2.45, 2.75) is 24.7 Å². The van der Waals surface area contributed by atoms with Crippen LogP contribution in [0.2, 0.25) is 0 Å². The van der Waals surface area contributed by atoms with Crippen molar-refractivity contribution in [1.29, 1.82) is 0 Å². The zero-order chi connectivity index (χ0) is 14.8. The SMILES string of the molecule is Cc1ccc(S(=O)(=O)NN=CC2=C(O)CCC2=O)cc1. The van der Waals surface area contributed by atoms with Gasteiger partial charge in [-0.15, -0.1) is 0 Å². The van der Waals surface area contributed by atoms with E-state index in [2.05, 4.69) is 5.10 Å². The lowest BCUT2D eigenvalue weighted by Crippen LogP contribution is -2.18. The highest BCUT2D eigenvalue weighted by molar-refractivity contribution is 7.89. The predicted molar refractivity (Wildman–Crippen MR) is 73.9 cm³/mol. The first-order chi connectivity index (χ1) is 9.40. The molecule has 0 amide bonds. The largest absolute Gasteiger partial charge is 0.511 e. The van der Waals surface area contributed by atoms with E-state index in [0.29, 0.717) is 0 Å². The lowest BCUT2D eigenvalue weighted by molar-refractivity contribution is -0.114. The number of Topliss-reactive ketones (excluding diaryl/α,β-unsaturated/α-hetero) is 1. The number of benzene rings is 1. The number of carbonyl (C=O) groups excluding carboxylic acids is 1. The summed E-state index contributed by atoms with van der Waals surface area (Å²) >= 11 is 0. The number of hydrogen-bond acceptors (Lipinski definition) is 5. The molecular formula is C13H14N2O4S. The van der Waals surface area contributed by atoms with Crippen molar-refractivity contribution >= 4 is 22.0 Å². The molecule has 0 bridgehead atoms. The fraction of sp³-hybridized carbons (Fsp3) is 0.231. The summed E-state index contributed by atoms with van der Waals surface area (Å²) in [6, 6.07) is 6.27. The normalized spacial score (nSPS) is 16.1. The molecule has 0 radical (unpaired) electrons. The molecule has 1 aliphatic carbocycles. The molecule has 0 spiro atoms. The third-order valence-electron chi connectivity index (χ3n) is 2.90. The lowest BCUT2D eigenvalue weighted by atomic mass is 10.2. The zero-order valence-corrected chi connectivity index (χ0v) is 11.6. The van der Waals surface area contributed by atoms with Gasteiger partial charge in [0, 0.05) is 12.8 Å². The van der Waals surface area contributed by atoms with Gasteiger partial charge in [-0.25, -0.2) is 4.83 Å². The summed E-state index contributed by atoms with van der Waals surface area (Å²) in [5.74, 6) is -0.311. The van der Waals surface area contributed by atoms with Crippen LogP contribution in [0.3, 0.4) is 0 Å². The highest BCUT2D eigenvalue weighted by atomic mass is 32.2. The van der Waals surface area contributed by atoms with Gasteiger partial charge in [0.05, 0.1) is 16.7 Å². The fourth-order valence-electron chi connectivity index (χ4n) is 1.74. The van der Waals surface area contributed by atoms with E-state index < -0.39 is 10.0 Å². The summed E-state index contributed by atoms with van der Waals surface area (Å²) in [6.45, 7) is 1.85. The maximum atomic E-state index is 11.9. The molecule has 2 N–H and O–H groups in total. The van der Waals surface area contributed by atoms with Crippen molar-refractivity contribution < 1.29 is 18.3 Å². The molecule has 0 saturated carbocycles. The number of ketones is 1. The van der Waals surface area contributed by atoms with Crippen molar-refractivity contribution in [2.24, 2.45) is 5.10 Å². The highest BCUT2D eigenvalue weighted by Crippen LogP contribution is 2.18. The molecule has 0 atom stereocenters. The van der Waals surface area contributed by atoms with Crippen molar-refractivity contribution in [3.63, 3.8) is 0 Å². The Bertz CT molecular complexity index is 688. The fourth-order valence-corrected chi connectivity index (χ4v) is 2.53. The predicted octanol–water partition coefficient (Wildman–Crippen LogP) is 1.43. The second-order valence-electron chi connectivity index (χ2n) is 4.45. The lowest BCUT2D eigenvalue weighted by Gasteiger charge is -2.03. The van der Waals surface area contributed by atoms with E-state index in [1.165, 1.54) is 12.1 Å². The monoisotopic (exact) mass is 294 g/mol. The van der Waals surface area contributed by atoms with Gasteiger partial charge >= 0.3 is 0 Å². The van der Waals surface area contributed by atoms with Gasteiger partial charge in [0.1, 0.15) is 5.76 Å². The van der Waals surface area contributed by atoms with E-state index in [4.69, 9.17) is 0 Å². The van der Waals surface area contributed by atoms with Crippen molar-refractivity contribution in [3.8, 4) is 0 Å². The molecule has 0 fully saturated rings. The highest BCUT2D eigenvalue weighted by Gasteiger charge is 2.21. The molecular weight excluding hydrogens is 280 g/mol. The van der Waals surface area contributed by atoms with Gasteiger partial charge in [-0.05, 0) is 19.1 Å². The molecule has 7 heteroatoms. The summed E-state index contributed by atoms with van der Waals surface area (Å²) in [5, 5.41) is 12.9. The number of hydrazone groups is 1. The number of aryl methyl sites for hydroxylation is 1. The minimum Gasteiger partial charge on any atom is -0.511 e. The van der Waals surface area contributed by atoms with Crippen LogP contribution in [0.4, 0.5) is 0 Å². The summed E-state index contributed by atoms with van der Waals surface area (Å²) in [6.07, 6.45) is 1.53. The van der Waals surface area contributed by atoms with E-state index in [0.717, 1.165) is 11.8 Å². The molecule has 0 aromatic heterocycles. The molecule has 106 valence electrons. The van der Waals surface area contributed by atoms with Crippen LogP contribution in [-0.2, 0) is 14.8 Å². The third-order valence-corrected chi connectivity index (χ3v) is 4.14. The minimum atomic E-state index is -3.77. The number of nitrogens with zero attached hydrogens (tertiary/aromatic N) is 1. The summed E-state index contributed by atoms with van der Waals surface area (Å²) in [5.41, 5.74) is 0.996. The Balaban J connectivity index is 2.12. The molecule has 0 aliphatic heterocycles. The molecule has 1 aliphatic rings. The number of hydrogen-bond donors (Lipinski definition) is 2. The maximum absolute atomic E-state index is 11.9. The second-order valence-corrected chi connectivity index (χ2v) is 6.11. The van der Waals surface area contributed by atoms with Crippen molar-refractivity contribution in [1.82, 2.24) is 4.83 Å². The van der Waals surface area contributed by atoms with Crippen LogP contribution in [0.15, 0.2) is 45.6 Å².